The molecule has 0 aliphatic heterocycles. The van der Waals surface area contributed by atoms with Gasteiger partial charge in [-0.3, -0.25) is 4.40 Å². The van der Waals surface area contributed by atoms with E-state index in [1.165, 1.54) is 16.5 Å². The molecule has 2 aromatic carbocycles. The Morgan fingerprint density at radius 1 is 0.964 bits per heavy atom. The summed E-state index contributed by atoms with van der Waals surface area (Å²) >= 11 is 0.567. The van der Waals surface area contributed by atoms with Gasteiger partial charge in [-0.2, -0.15) is 13.2 Å². The first-order valence-corrected chi connectivity index (χ1v) is 10.8. The molecule has 0 bridgehead atoms. The number of sulfone groups is 1. The van der Waals surface area contributed by atoms with E-state index in [4.69, 9.17) is 0 Å². The highest BCUT2D eigenvalue weighted by atomic mass is 32.2. The number of hydrogen-bond acceptors (Lipinski definition) is 4. The van der Waals surface area contributed by atoms with Crippen LogP contribution in [-0.4, -0.2) is 24.1 Å². The second-order valence-electron chi connectivity index (χ2n) is 6.22. The van der Waals surface area contributed by atoms with Gasteiger partial charge in [0.15, 0.2) is 14.8 Å². The minimum Gasteiger partial charge on any atom is -0.289 e. The van der Waals surface area contributed by atoms with Crippen molar-refractivity contribution in [3.63, 3.8) is 0 Å². The summed E-state index contributed by atoms with van der Waals surface area (Å²) in [5.41, 5.74) is 2.35. The Labute approximate surface area is 162 Å². The van der Waals surface area contributed by atoms with Crippen molar-refractivity contribution in [2.24, 2.45) is 0 Å². The number of halogens is 3. The molecule has 144 valence electrons. The highest BCUT2D eigenvalue weighted by Crippen LogP contribution is 2.40. The van der Waals surface area contributed by atoms with Gasteiger partial charge in [0.05, 0.1) is 16.3 Å². The summed E-state index contributed by atoms with van der Waals surface area (Å²) < 4.78 is 64.3. The van der Waals surface area contributed by atoms with Crippen LogP contribution in [0.5, 0.6) is 0 Å². The number of thiazole rings is 1. The van der Waals surface area contributed by atoms with Gasteiger partial charge in [-0.25, -0.2) is 13.4 Å². The molecule has 28 heavy (non-hydrogen) atoms. The Hall–Kier alpha value is -2.65. The second kappa shape index (κ2) is 6.46. The van der Waals surface area contributed by atoms with E-state index in [0.717, 1.165) is 18.0 Å². The molecule has 2 heterocycles. The molecule has 4 aromatic rings. The van der Waals surface area contributed by atoms with Crippen LogP contribution in [-0.2, 0) is 16.0 Å². The van der Waals surface area contributed by atoms with Crippen LogP contribution < -0.4 is 0 Å². The Morgan fingerprint density at radius 3 is 2.18 bits per heavy atom. The third kappa shape index (κ3) is 3.31. The van der Waals surface area contributed by atoms with Gasteiger partial charge in [-0.1, -0.05) is 53.8 Å². The lowest BCUT2D eigenvalue weighted by Crippen LogP contribution is -2.01. The van der Waals surface area contributed by atoms with E-state index in [2.05, 4.69) is 4.98 Å². The summed E-state index contributed by atoms with van der Waals surface area (Å²) in [5.74, 6) is 0. The zero-order chi connectivity index (χ0) is 20.1. The van der Waals surface area contributed by atoms with E-state index in [1.54, 1.807) is 12.1 Å². The monoisotopic (exact) mass is 422 g/mol. The van der Waals surface area contributed by atoms with Gasteiger partial charge in [-0.15, -0.1) is 0 Å². The first kappa shape index (κ1) is 18.7. The third-order valence-electron chi connectivity index (χ3n) is 4.21. The Bertz CT molecular complexity index is 1260. The van der Waals surface area contributed by atoms with Crippen LogP contribution in [0, 0.1) is 0 Å². The average Bonchev–Trinajstić information content (AvgIpc) is 3.19. The van der Waals surface area contributed by atoms with Crippen LogP contribution in [0.4, 0.5) is 13.2 Å². The fraction of sp³-hybridized carbons (Fsp3) is 0.105. The quantitative estimate of drug-likeness (QED) is 0.459. The molecule has 0 spiro atoms. The lowest BCUT2D eigenvalue weighted by Gasteiger charge is -2.07. The molecule has 0 aliphatic rings. The molecule has 0 saturated carbocycles. The van der Waals surface area contributed by atoms with E-state index in [1.807, 2.05) is 30.3 Å². The maximum absolute atomic E-state index is 13.1. The lowest BCUT2D eigenvalue weighted by atomic mass is 10.1. The highest BCUT2D eigenvalue weighted by Gasteiger charge is 2.34. The van der Waals surface area contributed by atoms with E-state index in [9.17, 15) is 21.6 Å². The topological polar surface area (TPSA) is 51.4 Å². The number of imidazole rings is 1. The SMILES string of the molecule is CS(=O)(=O)c1ccc(-c2c(-c3ccccc3)nc3sc(C(F)(F)F)cn23)cc1. The van der Waals surface area contributed by atoms with Crippen LogP contribution in [0.15, 0.2) is 65.7 Å². The van der Waals surface area contributed by atoms with Crippen LogP contribution in [0.1, 0.15) is 4.88 Å². The largest absolute Gasteiger partial charge is 0.427 e. The van der Waals surface area contributed by atoms with Gasteiger partial charge in [0.1, 0.15) is 4.88 Å². The van der Waals surface area contributed by atoms with Gasteiger partial charge < -0.3 is 0 Å². The van der Waals surface area contributed by atoms with Crippen molar-refractivity contribution >= 4 is 26.1 Å². The van der Waals surface area contributed by atoms with E-state index >= 15 is 0 Å². The number of alkyl halides is 3. The smallest absolute Gasteiger partial charge is 0.289 e. The van der Waals surface area contributed by atoms with Gasteiger partial charge in [-0.05, 0) is 12.1 Å². The zero-order valence-electron chi connectivity index (χ0n) is 14.4. The second-order valence-corrected chi connectivity index (χ2v) is 9.24. The predicted molar refractivity (Wildman–Crippen MR) is 102 cm³/mol. The molecule has 4 rings (SSSR count). The molecule has 0 N–H and O–H groups in total. The first-order chi connectivity index (χ1) is 13.1. The molecular formula is C19H13F3N2O2S2. The van der Waals surface area contributed by atoms with Crippen molar-refractivity contribution in [2.45, 2.75) is 11.1 Å². The summed E-state index contributed by atoms with van der Waals surface area (Å²) in [6, 6.07) is 15.2. The molecule has 2 aromatic heterocycles. The van der Waals surface area contributed by atoms with Crippen molar-refractivity contribution in [3.05, 3.63) is 65.7 Å². The fourth-order valence-corrected chi connectivity index (χ4v) is 4.39. The summed E-state index contributed by atoms with van der Waals surface area (Å²) in [6.07, 6.45) is -2.34. The van der Waals surface area contributed by atoms with Crippen LogP contribution in [0.3, 0.4) is 0 Å². The number of rotatable bonds is 3. The number of hydrogen-bond donors (Lipinski definition) is 0. The Balaban J connectivity index is 1.97. The van der Waals surface area contributed by atoms with Crippen LogP contribution >= 0.6 is 11.3 Å². The normalized spacial score (nSPS) is 12.6. The van der Waals surface area contributed by atoms with Gasteiger partial charge in [0, 0.05) is 23.6 Å². The summed E-state index contributed by atoms with van der Waals surface area (Å²) in [6.45, 7) is 0. The summed E-state index contributed by atoms with van der Waals surface area (Å²) in [4.78, 5) is 4.04. The number of benzene rings is 2. The van der Waals surface area contributed by atoms with Gasteiger partial charge in [0.25, 0.3) is 0 Å². The van der Waals surface area contributed by atoms with Crippen LogP contribution in [0.25, 0.3) is 27.5 Å². The van der Waals surface area contributed by atoms with Crippen molar-refractivity contribution < 1.29 is 21.6 Å². The van der Waals surface area contributed by atoms with Crippen molar-refractivity contribution in [2.75, 3.05) is 6.26 Å². The molecular weight excluding hydrogens is 409 g/mol. The minimum atomic E-state index is -4.46. The van der Waals surface area contributed by atoms with E-state index < -0.39 is 20.9 Å². The Kier molecular flexibility index (Phi) is 4.31. The molecule has 0 aliphatic carbocycles. The summed E-state index contributed by atoms with van der Waals surface area (Å²) in [7, 11) is -3.38. The lowest BCUT2D eigenvalue weighted by molar-refractivity contribution is -0.134. The number of aromatic nitrogens is 2. The molecule has 4 nitrogen and oxygen atoms in total. The molecule has 0 radical (unpaired) electrons. The fourth-order valence-electron chi connectivity index (χ4n) is 2.91. The number of fused-ring (bicyclic) bond motifs is 1. The van der Waals surface area contributed by atoms with E-state index in [-0.39, 0.29) is 9.86 Å². The highest BCUT2D eigenvalue weighted by molar-refractivity contribution is 7.90. The Morgan fingerprint density at radius 2 is 1.61 bits per heavy atom. The maximum Gasteiger partial charge on any atom is 0.427 e. The molecule has 0 amide bonds. The molecule has 9 heteroatoms. The maximum atomic E-state index is 13.1. The first-order valence-electron chi connectivity index (χ1n) is 8.09. The molecule has 0 saturated heterocycles. The van der Waals surface area contributed by atoms with E-state index in [0.29, 0.717) is 28.3 Å². The van der Waals surface area contributed by atoms with Gasteiger partial charge >= 0.3 is 6.18 Å². The van der Waals surface area contributed by atoms with Crippen molar-refractivity contribution in [1.82, 2.24) is 9.38 Å². The van der Waals surface area contributed by atoms with Gasteiger partial charge in [0.2, 0.25) is 0 Å². The molecule has 0 unspecified atom stereocenters. The molecule has 0 atom stereocenters. The van der Waals surface area contributed by atoms with Crippen molar-refractivity contribution in [1.29, 1.82) is 0 Å². The molecule has 0 fully saturated rings. The minimum absolute atomic E-state index is 0.138. The number of nitrogens with zero attached hydrogens (tertiary/aromatic N) is 2. The van der Waals surface area contributed by atoms with Crippen LogP contribution in [0.2, 0.25) is 0 Å². The zero-order valence-corrected chi connectivity index (χ0v) is 16.1. The third-order valence-corrected chi connectivity index (χ3v) is 6.36. The summed E-state index contributed by atoms with van der Waals surface area (Å²) in [5, 5.41) is 0. The predicted octanol–water partition coefficient (Wildman–Crippen LogP) is 5.15. The van der Waals surface area contributed by atoms with Crippen molar-refractivity contribution in [3.8, 4) is 22.5 Å². The standard InChI is InChI=1S/C19H13F3N2O2S2/c1-28(25,26)14-9-7-13(8-10-14)17-16(12-5-3-2-4-6-12)23-18-24(17)11-15(27-18)19(20,21)22/h2-11H,1H3. The average molecular weight is 422 g/mol.